The Balaban J connectivity index is 2.27. The van der Waals surface area contributed by atoms with Gasteiger partial charge in [-0.15, -0.1) is 0 Å². The van der Waals surface area contributed by atoms with Crippen LogP contribution in [0.4, 0.5) is 0 Å². The standard InChI is InChI=1S/C15H21ClN2/c1-3-5-6-8-12-11-14-10-9-13(7-4-2)18(14)15(16)17-12/h9-11H,3-8H2,1-2H3. The summed E-state index contributed by atoms with van der Waals surface area (Å²) in [7, 11) is 0. The molecule has 18 heavy (non-hydrogen) atoms. The van der Waals surface area contributed by atoms with Crippen molar-refractivity contribution in [1.82, 2.24) is 9.38 Å². The summed E-state index contributed by atoms with van der Waals surface area (Å²) in [5.41, 5.74) is 3.54. The van der Waals surface area contributed by atoms with Crippen molar-refractivity contribution >= 4 is 17.1 Å². The van der Waals surface area contributed by atoms with Crippen molar-refractivity contribution < 1.29 is 0 Å². The van der Waals surface area contributed by atoms with Gasteiger partial charge >= 0.3 is 0 Å². The topological polar surface area (TPSA) is 17.3 Å². The quantitative estimate of drug-likeness (QED) is 0.547. The first-order valence-corrected chi connectivity index (χ1v) is 7.29. The predicted molar refractivity (Wildman–Crippen MR) is 77.4 cm³/mol. The fourth-order valence-electron chi connectivity index (χ4n) is 2.34. The lowest BCUT2D eigenvalue weighted by atomic mass is 10.1. The second-order valence-corrected chi connectivity index (χ2v) is 5.15. The third kappa shape index (κ3) is 2.86. The zero-order valence-electron chi connectivity index (χ0n) is 11.2. The van der Waals surface area contributed by atoms with E-state index in [0.717, 1.165) is 25.0 Å². The van der Waals surface area contributed by atoms with Crippen LogP contribution < -0.4 is 0 Å². The zero-order chi connectivity index (χ0) is 13.0. The fraction of sp³-hybridized carbons (Fsp3) is 0.533. The summed E-state index contributed by atoms with van der Waals surface area (Å²) in [5, 5.41) is 0.604. The van der Waals surface area contributed by atoms with E-state index < -0.39 is 0 Å². The van der Waals surface area contributed by atoms with Crippen LogP contribution in [0.1, 0.15) is 50.9 Å². The van der Waals surface area contributed by atoms with Crippen LogP contribution in [0.2, 0.25) is 5.28 Å². The van der Waals surface area contributed by atoms with Gasteiger partial charge in [0.05, 0.1) is 0 Å². The maximum absolute atomic E-state index is 6.31. The molecule has 0 aliphatic rings. The van der Waals surface area contributed by atoms with Gasteiger partial charge in [-0.2, -0.15) is 0 Å². The average Bonchev–Trinajstić information content (AvgIpc) is 2.74. The maximum atomic E-state index is 6.31. The minimum atomic E-state index is 0.604. The first-order chi connectivity index (χ1) is 8.76. The summed E-state index contributed by atoms with van der Waals surface area (Å²) in [6.07, 6.45) is 6.89. The van der Waals surface area contributed by atoms with E-state index in [-0.39, 0.29) is 0 Å². The van der Waals surface area contributed by atoms with Crippen molar-refractivity contribution in [2.24, 2.45) is 0 Å². The molecule has 2 aromatic rings. The van der Waals surface area contributed by atoms with E-state index in [9.17, 15) is 0 Å². The van der Waals surface area contributed by atoms with Crippen LogP contribution in [0, 0.1) is 0 Å². The minimum absolute atomic E-state index is 0.604. The number of halogens is 1. The molecule has 0 aliphatic heterocycles. The van der Waals surface area contributed by atoms with Crippen LogP contribution >= 0.6 is 11.6 Å². The Morgan fingerprint density at radius 2 is 1.94 bits per heavy atom. The lowest BCUT2D eigenvalue weighted by molar-refractivity contribution is 0.705. The molecule has 3 heteroatoms. The number of hydrogen-bond donors (Lipinski definition) is 0. The van der Waals surface area contributed by atoms with Crippen LogP contribution in [0.15, 0.2) is 18.2 Å². The number of unbranched alkanes of at least 4 members (excludes halogenated alkanes) is 2. The number of aryl methyl sites for hydroxylation is 2. The van der Waals surface area contributed by atoms with E-state index in [0.29, 0.717) is 5.28 Å². The van der Waals surface area contributed by atoms with Gasteiger partial charge in [0.25, 0.3) is 0 Å². The average molecular weight is 265 g/mol. The molecule has 0 saturated carbocycles. The SMILES string of the molecule is CCCCCc1cc2ccc(CCC)n2c(Cl)n1. The number of fused-ring (bicyclic) bond motifs is 1. The number of aromatic nitrogens is 2. The molecule has 0 aromatic carbocycles. The molecule has 98 valence electrons. The summed E-state index contributed by atoms with van der Waals surface area (Å²) >= 11 is 6.31. The monoisotopic (exact) mass is 264 g/mol. The number of rotatable bonds is 6. The van der Waals surface area contributed by atoms with E-state index in [2.05, 4.69) is 41.4 Å². The molecule has 2 aromatic heterocycles. The number of nitrogens with zero attached hydrogens (tertiary/aromatic N) is 2. The molecule has 0 aliphatic carbocycles. The molecule has 0 spiro atoms. The van der Waals surface area contributed by atoms with Crippen molar-refractivity contribution in [2.75, 3.05) is 0 Å². The van der Waals surface area contributed by atoms with Gasteiger partial charge in [0, 0.05) is 16.9 Å². The summed E-state index contributed by atoms with van der Waals surface area (Å²) in [5.74, 6) is 0. The molecule has 2 heterocycles. The minimum Gasteiger partial charge on any atom is -0.289 e. The van der Waals surface area contributed by atoms with E-state index in [1.54, 1.807) is 0 Å². The molecular weight excluding hydrogens is 244 g/mol. The molecule has 0 radical (unpaired) electrons. The van der Waals surface area contributed by atoms with Gasteiger partial charge in [0.2, 0.25) is 5.28 Å². The van der Waals surface area contributed by atoms with E-state index in [1.807, 2.05) is 0 Å². The molecule has 2 rings (SSSR count). The number of hydrogen-bond acceptors (Lipinski definition) is 1. The summed E-state index contributed by atoms with van der Waals surface area (Å²) < 4.78 is 2.06. The molecule has 0 saturated heterocycles. The highest BCUT2D eigenvalue weighted by Gasteiger charge is 2.07. The Kier molecular flexibility index (Phi) is 4.65. The molecule has 0 bridgehead atoms. The Morgan fingerprint density at radius 3 is 2.67 bits per heavy atom. The highest BCUT2D eigenvalue weighted by Crippen LogP contribution is 2.19. The van der Waals surface area contributed by atoms with Crippen LogP contribution in [0.3, 0.4) is 0 Å². The summed E-state index contributed by atoms with van der Waals surface area (Å²) in [6, 6.07) is 6.46. The molecule has 0 fully saturated rings. The third-order valence-electron chi connectivity index (χ3n) is 3.27. The predicted octanol–water partition coefficient (Wildman–Crippen LogP) is 4.67. The summed E-state index contributed by atoms with van der Waals surface area (Å²) in [4.78, 5) is 4.52. The molecule has 0 unspecified atom stereocenters. The lowest BCUT2D eigenvalue weighted by Gasteiger charge is -2.07. The third-order valence-corrected chi connectivity index (χ3v) is 3.52. The molecule has 2 nitrogen and oxygen atoms in total. The largest absolute Gasteiger partial charge is 0.289 e. The van der Waals surface area contributed by atoms with Gasteiger partial charge in [-0.05, 0) is 49.1 Å². The highest BCUT2D eigenvalue weighted by molar-refractivity contribution is 6.28. The Labute approximate surface area is 114 Å². The van der Waals surface area contributed by atoms with E-state index in [4.69, 9.17) is 11.6 Å². The Morgan fingerprint density at radius 1 is 1.11 bits per heavy atom. The zero-order valence-corrected chi connectivity index (χ0v) is 12.0. The van der Waals surface area contributed by atoms with Crippen LogP contribution in [0.25, 0.3) is 5.52 Å². The maximum Gasteiger partial charge on any atom is 0.207 e. The molecule has 0 amide bonds. The smallest absolute Gasteiger partial charge is 0.207 e. The Hall–Kier alpha value is -1.02. The lowest BCUT2D eigenvalue weighted by Crippen LogP contribution is -2.00. The van der Waals surface area contributed by atoms with Crippen LogP contribution in [0.5, 0.6) is 0 Å². The van der Waals surface area contributed by atoms with Gasteiger partial charge in [0.15, 0.2) is 0 Å². The second kappa shape index (κ2) is 6.24. The van der Waals surface area contributed by atoms with Gasteiger partial charge in [-0.3, -0.25) is 4.40 Å². The first kappa shape index (κ1) is 13.4. The highest BCUT2D eigenvalue weighted by atomic mass is 35.5. The second-order valence-electron chi connectivity index (χ2n) is 4.81. The molecular formula is C15H21ClN2. The van der Waals surface area contributed by atoms with Crippen molar-refractivity contribution in [1.29, 1.82) is 0 Å². The van der Waals surface area contributed by atoms with Crippen LogP contribution in [-0.2, 0) is 12.8 Å². The molecule has 0 atom stereocenters. The van der Waals surface area contributed by atoms with Crippen molar-refractivity contribution in [3.8, 4) is 0 Å². The normalized spacial score (nSPS) is 11.3. The van der Waals surface area contributed by atoms with Gasteiger partial charge in [-0.1, -0.05) is 33.1 Å². The fourth-order valence-corrected chi connectivity index (χ4v) is 2.66. The van der Waals surface area contributed by atoms with Gasteiger partial charge in [0.1, 0.15) is 0 Å². The van der Waals surface area contributed by atoms with Crippen molar-refractivity contribution in [3.63, 3.8) is 0 Å². The van der Waals surface area contributed by atoms with Crippen molar-refractivity contribution in [2.45, 2.75) is 52.4 Å². The van der Waals surface area contributed by atoms with Gasteiger partial charge < -0.3 is 0 Å². The van der Waals surface area contributed by atoms with E-state index in [1.165, 1.54) is 30.5 Å². The van der Waals surface area contributed by atoms with Gasteiger partial charge in [-0.25, -0.2) is 4.98 Å². The van der Waals surface area contributed by atoms with E-state index >= 15 is 0 Å². The first-order valence-electron chi connectivity index (χ1n) is 6.92. The Bertz CT molecular complexity index is 516. The molecule has 0 N–H and O–H groups in total. The van der Waals surface area contributed by atoms with Crippen LogP contribution in [-0.4, -0.2) is 9.38 Å². The summed E-state index contributed by atoms with van der Waals surface area (Å²) in [6.45, 7) is 4.40. The van der Waals surface area contributed by atoms with Crippen molar-refractivity contribution in [3.05, 3.63) is 34.9 Å².